The molecule has 160 valence electrons. The number of imide groups is 1. The molecule has 1 aliphatic rings. The van der Waals surface area contributed by atoms with Crippen molar-refractivity contribution in [3.05, 3.63) is 75.9 Å². The van der Waals surface area contributed by atoms with E-state index in [1.165, 1.54) is 18.2 Å². The highest BCUT2D eigenvalue weighted by Crippen LogP contribution is 2.31. The summed E-state index contributed by atoms with van der Waals surface area (Å²) in [5.41, 5.74) is 1.74. The fourth-order valence-corrected chi connectivity index (χ4v) is 3.64. The van der Waals surface area contributed by atoms with Crippen LogP contribution < -0.4 is 10.6 Å². The van der Waals surface area contributed by atoms with Gasteiger partial charge >= 0.3 is 0 Å². The van der Waals surface area contributed by atoms with Gasteiger partial charge in [0.25, 0.3) is 17.1 Å². The van der Waals surface area contributed by atoms with Gasteiger partial charge in [-0.3, -0.25) is 24.1 Å². The Morgan fingerprint density at radius 2 is 1.77 bits per heavy atom. The van der Waals surface area contributed by atoms with Crippen LogP contribution in [-0.4, -0.2) is 47.5 Å². The number of amides is 4. The highest BCUT2D eigenvalue weighted by Gasteiger charge is 2.34. The van der Waals surface area contributed by atoms with Gasteiger partial charge in [-0.15, -0.1) is 0 Å². The molecule has 1 saturated heterocycles. The Labute approximate surface area is 182 Å². The van der Waals surface area contributed by atoms with Crippen LogP contribution in [0, 0.1) is 12.7 Å². The van der Waals surface area contributed by atoms with Gasteiger partial charge in [0.2, 0.25) is 5.91 Å². The predicted octanol–water partition coefficient (Wildman–Crippen LogP) is 2.72. The third-order valence-electron chi connectivity index (χ3n) is 4.43. The largest absolute Gasteiger partial charge is 0.353 e. The van der Waals surface area contributed by atoms with Crippen LogP contribution in [0.15, 0.2) is 53.4 Å². The second-order valence-corrected chi connectivity index (χ2v) is 7.75. The van der Waals surface area contributed by atoms with E-state index in [9.17, 15) is 23.6 Å². The molecule has 0 aromatic heterocycles. The number of carbonyl (C=O) groups excluding carboxylic acids is 4. The van der Waals surface area contributed by atoms with Crippen LogP contribution in [0.4, 0.5) is 9.18 Å². The van der Waals surface area contributed by atoms with Crippen molar-refractivity contribution in [3.8, 4) is 0 Å². The van der Waals surface area contributed by atoms with E-state index >= 15 is 0 Å². The smallest absolute Gasteiger partial charge is 0.293 e. The summed E-state index contributed by atoms with van der Waals surface area (Å²) in [7, 11) is 0. The second kappa shape index (κ2) is 10.0. The third kappa shape index (κ3) is 5.79. The van der Waals surface area contributed by atoms with E-state index in [1.54, 1.807) is 6.08 Å². The fourth-order valence-electron chi connectivity index (χ4n) is 2.78. The van der Waals surface area contributed by atoms with E-state index in [4.69, 9.17) is 0 Å². The fraction of sp³-hybridized carbons (Fsp3) is 0.182. The van der Waals surface area contributed by atoms with Gasteiger partial charge in [-0.2, -0.15) is 0 Å². The van der Waals surface area contributed by atoms with E-state index in [-0.39, 0.29) is 25.2 Å². The van der Waals surface area contributed by atoms with Gasteiger partial charge in [0.15, 0.2) is 0 Å². The molecule has 7 nitrogen and oxygen atoms in total. The monoisotopic (exact) mass is 441 g/mol. The zero-order valence-electron chi connectivity index (χ0n) is 16.7. The van der Waals surface area contributed by atoms with Crippen molar-refractivity contribution in [2.24, 2.45) is 0 Å². The lowest BCUT2D eigenvalue weighted by molar-refractivity contribution is -0.124. The molecule has 1 fully saturated rings. The summed E-state index contributed by atoms with van der Waals surface area (Å²) >= 11 is 0.846. The summed E-state index contributed by atoms with van der Waals surface area (Å²) in [5.74, 6) is -2.33. The molecule has 0 saturated carbocycles. The molecular weight excluding hydrogens is 421 g/mol. The Morgan fingerprint density at radius 1 is 1.06 bits per heavy atom. The Bertz CT molecular complexity index is 1050. The molecule has 31 heavy (non-hydrogen) atoms. The molecule has 2 aromatic carbocycles. The summed E-state index contributed by atoms with van der Waals surface area (Å²) in [4.78, 5) is 49.8. The molecule has 0 bridgehead atoms. The van der Waals surface area contributed by atoms with E-state index < -0.39 is 28.8 Å². The van der Waals surface area contributed by atoms with Gasteiger partial charge in [-0.05, 0) is 42.5 Å². The van der Waals surface area contributed by atoms with E-state index in [0.29, 0.717) is 4.91 Å². The molecule has 3 rings (SSSR count). The molecule has 0 radical (unpaired) electrons. The lowest BCUT2D eigenvalue weighted by atomic mass is 10.1. The Morgan fingerprint density at radius 3 is 2.48 bits per heavy atom. The lowest BCUT2D eigenvalue weighted by Crippen LogP contribution is -2.41. The minimum atomic E-state index is -0.708. The number of nitrogens with one attached hydrogen (secondary N) is 2. The van der Waals surface area contributed by atoms with E-state index in [0.717, 1.165) is 33.9 Å². The van der Waals surface area contributed by atoms with Crippen molar-refractivity contribution in [2.45, 2.75) is 6.92 Å². The van der Waals surface area contributed by atoms with Crippen molar-refractivity contribution in [2.75, 3.05) is 19.6 Å². The van der Waals surface area contributed by atoms with Crippen molar-refractivity contribution in [3.63, 3.8) is 0 Å². The van der Waals surface area contributed by atoms with Crippen LogP contribution in [0.2, 0.25) is 0 Å². The van der Waals surface area contributed by atoms with Crippen molar-refractivity contribution in [1.82, 2.24) is 15.5 Å². The maximum absolute atomic E-state index is 13.6. The molecule has 1 heterocycles. The lowest BCUT2D eigenvalue weighted by Gasteiger charge is -2.13. The molecule has 0 unspecified atom stereocenters. The highest BCUT2D eigenvalue weighted by atomic mass is 32.2. The number of aryl methyl sites for hydroxylation is 1. The third-order valence-corrected chi connectivity index (χ3v) is 5.34. The molecule has 9 heteroatoms. The van der Waals surface area contributed by atoms with Crippen molar-refractivity contribution < 1.29 is 23.6 Å². The zero-order valence-corrected chi connectivity index (χ0v) is 17.5. The summed E-state index contributed by atoms with van der Waals surface area (Å²) < 4.78 is 13.6. The Balaban J connectivity index is 1.46. The summed E-state index contributed by atoms with van der Waals surface area (Å²) in [6.07, 6.45) is 1.65. The summed E-state index contributed by atoms with van der Waals surface area (Å²) in [5, 5.41) is 4.43. The van der Waals surface area contributed by atoms with Crippen LogP contribution in [0.1, 0.15) is 21.5 Å². The first kappa shape index (κ1) is 22.2. The molecule has 0 atom stereocenters. The molecule has 0 spiro atoms. The first-order valence-electron chi connectivity index (χ1n) is 9.46. The van der Waals surface area contributed by atoms with Gasteiger partial charge < -0.3 is 10.6 Å². The first-order chi connectivity index (χ1) is 14.8. The number of benzene rings is 2. The Hall–Kier alpha value is -3.46. The van der Waals surface area contributed by atoms with E-state index in [1.807, 2.05) is 31.2 Å². The average molecular weight is 441 g/mol. The van der Waals surface area contributed by atoms with Crippen LogP contribution in [0.3, 0.4) is 0 Å². The number of hydrogen-bond donors (Lipinski definition) is 2. The summed E-state index contributed by atoms with van der Waals surface area (Å²) in [6.45, 7) is 1.63. The zero-order chi connectivity index (χ0) is 22.4. The molecule has 2 N–H and O–H groups in total. The van der Waals surface area contributed by atoms with Gasteiger partial charge in [0, 0.05) is 13.1 Å². The number of nitrogens with zero attached hydrogens (tertiary/aromatic N) is 1. The minimum Gasteiger partial charge on any atom is -0.353 e. The standard InChI is InChI=1S/C22H20FN3O4S/c1-14-6-8-15(9-7-14)12-18-21(29)26(22(30)31-18)11-10-24-19(27)13-25-20(28)16-4-2-3-5-17(16)23/h2-9,12H,10-11,13H2,1H3,(H,24,27)(H,25,28). The SMILES string of the molecule is Cc1ccc(C=C2SC(=O)N(CCNC(=O)CNC(=O)c3ccccc3F)C2=O)cc1. The topological polar surface area (TPSA) is 95.6 Å². The number of carbonyl (C=O) groups is 4. The highest BCUT2D eigenvalue weighted by molar-refractivity contribution is 8.18. The molecule has 2 aromatic rings. The van der Waals surface area contributed by atoms with Crippen molar-refractivity contribution >= 4 is 40.8 Å². The quantitative estimate of drug-likeness (QED) is 0.645. The second-order valence-electron chi connectivity index (χ2n) is 6.76. The number of rotatable bonds is 7. The summed E-state index contributed by atoms with van der Waals surface area (Å²) in [6, 6.07) is 13.0. The predicted molar refractivity (Wildman–Crippen MR) is 116 cm³/mol. The van der Waals surface area contributed by atoms with Crippen molar-refractivity contribution in [1.29, 1.82) is 0 Å². The Kier molecular flexibility index (Phi) is 7.19. The number of halogens is 1. The number of hydrogen-bond acceptors (Lipinski definition) is 5. The van der Waals surface area contributed by atoms with Gasteiger partial charge in [-0.1, -0.05) is 42.0 Å². The van der Waals surface area contributed by atoms with Crippen LogP contribution in [-0.2, 0) is 9.59 Å². The average Bonchev–Trinajstić information content (AvgIpc) is 3.01. The molecule has 1 aliphatic heterocycles. The van der Waals surface area contributed by atoms with Gasteiger partial charge in [0.05, 0.1) is 17.0 Å². The van der Waals surface area contributed by atoms with Crippen LogP contribution in [0.25, 0.3) is 6.08 Å². The molecular formula is C22H20FN3O4S. The molecule has 4 amide bonds. The first-order valence-corrected chi connectivity index (χ1v) is 10.3. The molecule has 0 aliphatic carbocycles. The minimum absolute atomic E-state index is 0.00288. The van der Waals surface area contributed by atoms with Gasteiger partial charge in [0.1, 0.15) is 5.82 Å². The van der Waals surface area contributed by atoms with E-state index in [2.05, 4.69) is 10.6 Å². The normalized spacial score (nSPS) is 14.8. The maximum atomic E-state index is 13.6. The maximum Gasteiger partial charge on any atom is 0.293 e. The van der Waals surface area contributed by atoms with Crippen LogP contribution >= 0.6 is 11.8 Å². The van der Waals surface area contributed by atoms with Gasteiger partial charge in [-0.25, -0.2) is 4.39 Å². The van der Waals surface area contributed by atoms with Crippen LogP contribution in [0.5, 0.6) is 0 Å². The number of thioether (sulfide) groups is 1.